The van der Waals surface area contributed by atoms with Gasteiger partial charge in [-0.05, 0) is 48.9 Å². The van der Waals surface area contributed by atoms with Crippen LogP contribution in [0.15, 0.2) is 36.5 Å². The van der Waals surface area contributed by atoms with Crippen molar-refractivity contribution in [3.63, 3.8) is 0 Å². The van der Waals surface area contributed by atoms with E-state index < -0.39 is 0 Å². The zero-order chi connectivity index (χ0) is 15.5. The van der Waals surface area contributed by atoms with Crippen LogP contribution in [0.3, 0.4) is 0 Å². The summed E-state index contributed by atoms with van der Waals surface area (Å²) in [5.74, 6) is 0.689. The fourth-order valence-electron chi connectivity index (χ4n) is 3.36. The molecule has 0 amide bonds. The minimum atomic E-state index is 0.384. The molecule has 2 atom stereocenters. The van der Waals surface area contributed by atoms with Gasteiger partial charge in [-0.3, -0.25) is 4.98 Å². The van der Waals surface area contributed by atoms with Crippen LogP contribution in [0, 0.1) is 11.3 Å². The van der Waals surface area contributed by atoms with E-state index in [1.165, 1.54) is 17.4 Å². The molecule has 0 spiro atoms. The van der Waals surface area contributed by atoms with Crippen LogP contribution >= 0.6 is 0 Å². The monoisotopic (exact) mass is 284 g/mol. The Morgan fingerprint density at radius 2 is 1.90 bits per heavy atom. The van der Waals surface area contributed by atoms with Gasteiger partial charge >= 0.3 is 0 Å². The van der Waals surface area contributed by atoms with Crippen LogP contribution in [0.25, 0.3) is 10.9 Å². The van der Waals surface area contributed by atoms with Crippen molar-refractivity contribution < 1.29 is 0 Å². The van der Waals surface area contributed by atoms with Crippen molar-refractivity contribution in [3.05, 3.63) is 42.1 Å². The van der Waals surface area contributed by atoms with Crippen molar-refractivity contribution in [3.8, 4) is 0 Å². The minimum Gasteiger partial charge on any atom is -0.313 e. The van der Waals surface area contributed by atoms with E-state index in [1.54, 1.807) is 0 Å². The maximum atomic E-state index is 4.47. The van der Waals surface area contributed by atoms with Crippen molar-refractivity contribution in [1.82, 2.24) is 10.3 Å². The molecule has 114 valence electrons. The van der Waals surface area contributed by atoms with Crippen LogP contribution in [0.4, 0.5) is 0 Å². The summed E-state index contributed by atoms with van der Waals surface area (Å²) in [5.41, 5.74) is 2.83. The zero-order valence-electron chi connectivity index (χ0n) is 14.0. The normalized spacial score (nSPS) is 15.1. The number of hydrogen-bond acceptors (Lipinski definition) is 2. The predicted molar refractivity (Wildman–Crippen MR) is 91.4 cm³/mol. The van der Waals surface area contributed by atoms with E-state index in [9.17, 15) is 0 Å². The lowest BCUT2D eigenvalue weighted by Gasteiger charge is -2.27. The molecule has 2 unspecified atom stereocenters. The second kappa shape index (κ2) is 6.57. The molecule has 0 aliphatic carbocycles. The maximum Gasteiger partial charge on any atom is 0.0705 e. The standard InChI is InChI=1S/C19H28N2/c1-14(13-19(2,3)4)12-18(20-5)16-8-6-10-17-15(16)9-7-11-21-17/h6-11,14,18,20H,12-13H2,1-5H3. The summed E-state index contributed by atoms with van der Waals surface area (Å²) in [6, 6.07) is 11.0. The van der Waals surface area contributed by atoms with E-state index in [-0.39, 0.29) is 0 Å². The summed E-state index contributed by atoms with van der Waals surface area (Å²) in [7, 11) is 2.06. The number of benzene rings is 1. The van der Waals surface area contributed by atoms with Gasteiger partial charge in [0.25, 0.3) is 0 Å². The summed E-state index contributed by atoms with van der Waals surface area (Å²) in [6.07, 6.45) is 4.26. The number of hydrogen-bond donors (Lipinski definition) is 1. The van der Waals surface area contributed by atoms with Gasteiger partial charge in [-0.15, -0.1) is 0 Å². The lowest BCUT2D eigenvalue weighted by molar-refractivity contribution is 0.279. The molecule has 0 saturated heterocycles. The molecule has 0 aliphatic rings. The van der Waals surface area contributed by atoms with E-state index in [0.717, 1.165) is 11.9 Å². The van der Waals surface area contributed by atoms with Crippen molar-refractivity contribution in [2.75, 3.05) is 7.05 Å². The molecule has 2 heteroatoms. The second-order valence-electron chi connectivity index (χ2n) is 7.36. The van der Waals surface area contributed by atoms with Gasteiger partial charge < -0.3 is 5.32 Å². The number of aromatic nitrogens is 1. The fraction of sp³-hybridized carbons (Fsp3) is 0.526. The Hall–Kier alpha value is -1.41. The topological polar surface area (TPSA) is 24.9 Å². The maximum absolute atomic E-state index is 4.47. The van der Waals surface area contributed by atoms with Crippen molar-refractivity contribution in [1.29, 1.82) is 0 Å². The molecule has 0 bridgehead atoms. The first kappa shape index (κ1) is 16.0. The zero-order valence-corrected chi connectivity index (χ0v) is 14.0. The number of nitrogens with one attached hydrogen (secondary N) is 1. The van der Waals surface area contributed by atoms with Gasteiger partial charge in [0.2, 0.25) is 0 Å². The van der Waals surface area contributed by atoms with Crippen LogP contribution in [0.5, 0.6) is 0 Å². The van der Waals surface area contributed by atoms with Gasteiger partial charge in [0.05, 0.1) is 5.52 Å². The van der Waals surface area contributed by atoms with Gasteiger partial charge in [0.15, 0.2) is 0 Å². The SMILES string of the molecule is CNC(CC(C)CC(C)(C)C)c1cccc2ncccc12. The van der Waals surface area contributed by atoms with Crippen molar-refractivity contribution in [2.45, 2.75) is 46.6 Å². The van der Waals surface area contributed by atoms with E-state index in [0.29, 0.717) is 17.4 Å². The number of nitrogens with zero attached hydrogens (tertiary/aromatic N) is 1. The quantitative estimate of drug-likeness (QED) is 0.839. The van der Waals surface area contributed by atoms with Gasteiger partial charge in [0.1, 0.15) is 0 Å². The van der Waals surface area contributed by atoms with Crippen LogP contribution < -0.4 is 5.32 Å². The molecule has 0 fully saturated rings. The number of pyridine rings is 1. The lowest BCUT2D eigenvalue weighted by atomic mass is 9.81. The Morgan fingerprint density at radius 1 is 1.14 bits per heavy atom. The van der Waals surface area contributed by atoms with Crippen LogP contribution in [-0.2, 0) is 0 Å². The molecule has 2 aromatic rings. The Balaban J connectivity index is 2.24. The fourth-order valence-corrected chi connectivity index (χ4v) is 3.36. The smallest absolute Gasteiger partial charge is 0.0705 e. The van der Waals surface area contributed by atoms with Gasteiger partial charge in [-0.2, -0.15) is 0 Å². The minimum absolute atomic E-state index is 0.384. The van der Waals surface area contributed by atoms with Crippen LogP contribution in [0.1, 0.15) is 52.1 Å². The summed E-state index contributed by atoms with van der Waals surface area (Å²) >= 11 is 0. The van der Waals surface area contributed by atoms with Crippen LogP contribution in [-0.4, -0.2) is 12.0 Å². The third-order valence-corrected chi connectivity index (χ3v) is 4.00. The average Bonchev–Trinajstić information content (AvgIpc) is 2.42. The molecule has 1 heterocycles. The molecular weight excluding hydrogens is 256 g/mol. The largest absolute Gasteiger partial charge is 0.313 e. The lowest BCUT2D eigenvalue weighted by Crippen LogP contribution is -2.21. The molecule has 0 saturated carbocycles. The molecule has 1 aromatic carbocycles. The van der Waals surface area contributed by atoms with Crippen molar-refractivity contribution in [2.24, 2.45) is 11.3 Å². The molecule has 1 aromatic heterocycles. The Labute approximate surface area is 129 Å². The predicted octanol–water partition coefficient (Wildman–Crippen LogP) is 4.96. The third kappa shape index (κ3) is 4.28. The van der Waals surface area contributed by atoms with Gasteiger partial charge in [-0.25, -0.2) is 0 Å². The molecule has 2 rings (SSSR count). The van der Waals surface area contributed by atoms with E-state index >= 15 is 0 Å². The molecule has 1 N–H and O–H groups in total. The molecule has 2 nitrogen and oxygen atoms in total. The molecule has 0 aliphatic heterocycles. The first-order chi connectivity index (χ1) is 9.90. The highest BCUT2D eigenvalue weighted by atomic mass is 14.9. The molecule has 0 radical (unpaired) electrons. The van der Waals surface area contributed by atoms with E-state index in [4.69, 9.17) is 0 Å². The highest BCUT2D eigenvalue weighted by Crippen LogP contribution is 2.32. The number of fused-ring (bicyclic) bond motifs is 1. The Bertz CT molecular complexity index is 578. The first-order valence-corrected chi connectivity index (χ1v) is 7.91. The highest BCUT2D eigenvalue weighted by molar-refractivity contribution is 5.82. The summed E-state index contributed by atoms with van der Waals surface area (Å²) in [5, 5.41) is 4.77. The summed E-state index contributed by atoms with van der Waals surface area (Å²) < 4.78 is 0. The average molecular weight is 284 g/mol. The van der Waals surface area contributed by atoms with Gasteiger partial charge in [-0.1, -0.05) is 45.9 Å². The highest BCUT2D eigenvalue weighted by Gasteiger charge is 2.20. The summed E-state index contributed by atoms with van der Waals surface area (Å²) in [4.78, 5) is 4.47. The first-order valence-electron chi connectivity index (χ1n) is 7.91. The number of rotatable bonds is 5. The Morgan fingerprint density at radius 3 is 2.57 bits per heavy atom. The molecule has 21 heavy (non-hydrogen) atoms. The Kier molecular flexibility index (Phi) is 5.00. The van der Waals surface area contributed by atoms with E-state index in [2.05, 4.69) is 69.3 Å². The second-order valence-corrected chi connectivity index (χ2v) is 7.36. The third-order valence-electron chi connectivity index (χ3n) is 4.00. The molecular formula is C19H28N2. The van der Waals surface area contributed by atoms with E-state index in [1.807, 2.05) is 12.3 Å². The van der Waals surface area contributed by atoms with Crippen molar-refractivity contribution >= 4 is 10.9 Å². The van der Waals surface area contributed by atoms with Gasteiger partial charge in [0, 0.05) is 17.6 Å². The van der Waals surface area contributed by atoms with Crippen LogP contribution in [0.2, 0.25) is 0 Å². The summed E-state index contributed by atoms with van der Waals surface area (Å²) in [6.45, 7) is 9.32.